The van der Waals surface area contributed by atoms with Crippen molar-refractivity contribution < 1.29 is 13.2 Å². The van der Waals surface area contributed by atoms with Crippen molar-refractivity contribution in [2.75, 3.05) is 19.6 Å². The maximum absolute atomic E-state index is 12.3. The van der Waals surface area contributed by atoms with Crippen molar-refractivity contribution in [2.45, 2.75) is 44.3 Å². The number of rotatable bonds is 5. The zero-order valence-electron chi connectivity index (χ0n) is 10.6. The molecule has 18 heavy (non-hydrogen) atoms. The molecule has 0 aromatic carbocycles. The maximum atomic E-state index is 12.3. The highest BCUT2D eigenvalue weighted by Gasteiger charge is 2.40. The van der Waals surface area contributed by atoms with E-state index in [4.69, 9.17) is 11.0 Å². The van der Waals surface area contributed by atoms with Crippen LogP contribution in [0.5, 0.6) is 0 Å². The van der Waals surface area contributed by atoms with Gasteiger partial charge in [-0.25, -0.2) is 0 Å². The molecule has 1 saturated carbocycles. The summed E-state index contributed by atoms with van der Waals surface area (Å²) in [5.74, 6) is 0.0183. The SMILES string of the molecule is CCN(CCC1CCCC1(N)C#N)CC(F)(F)F. The molecule has 0 heterocycles. The molecule has 0 saturated heterocycles. The predicted molar refractivity (Wildman–Crippen MR) is 62.7 cm³/mol. The lowest BCUT2D eigenvalue weighted by atomic mass is 9.87. The van der Waals surface area contributed by atoms with Crippen molar-refractivity contribution in [3.63, 3.8) is 0 Å². The lowest BCUT2D eigenvalue weighted by molar-refractivity contribution is -0.145. The fraction of sp³-hybridized carbons (Fsp3) is 0.917. The first-order chi connectivity index (χ1) is 8.30. The first-order valence-electron chi connectivity index (χ1n) is 6.30. The summed E-state index contributed by atoms with van der Waals surface area (Å²) in [5.41, 5.74) is 5.12. The first-order valence-corrected chi connectivity index (χ1v) is 6.30. The molecule has 6 heteroatoms. The van der Waals surface area contributed by atoms with Crippen LogP contribution in [0.1, 0.15) is 32.6 Å². The minimum Gasteiger partial charge on any atom is -0.313 e. The molecule has 3 nitrogen and oxygen atoms in total. The van der Waals surface area contributed by atoms with Gasteiger partial charge in [0.2, 0.25) is 0 Å². The second kappa shape index (κ2) is 5.89. The van der Waals surface area contributed by atoms with E-state index < -0.39 is 18.3 Å². The molecule has 0 radical (unpaired) electrons. The van der Waals surface area contributed by atoms with E-state index in [9.17, 15) is 13.2 Å². The predicted octanol–water partition coefficient (Wildman–Crippen LogP) is 2.28. The summed E-state index contributed by atoms with van der Waals surface area (Å²) in [7, 11) is 0. The monoisotopic (exact) mass is 263 g/mol. The number of alkyl halides is 3. The summed E-state index contributed by atoms with van der Waals surface area (Å²) in [6.07, 6.45) is -1.22. The van der Waals surface area contributed by atoms with Crippen molar-refractivity contribution in [3.05, 3.63) is 0 Å². The van der Waals surface area contributed by atoms with Gasteiger partial charge in [0, 0.05) is 0 Å². The molecule has 0 aromatic rings. The zero-order chi connectivity index (χ0) is 13.8. The number of nitrogens with zero attached hydrogens (tertiary/aromatic N) is 2. The van der Waals surface area contributed by atoms with E-state index in [1.165, 1.54) is 4.90 Å². The summed E-state index contributed by atoms with van der Waals surface area (Å²) >= 11 is 0. The van der Waals surface area contributed by atoms with Crippen LogP contribution in [0.4, 0.5) is 13.2 Å². The van der Waals surface area contributed by atoms with Gasteiger partial charge in [-0.15, -0.1) is 0 Å². The molecule has 0 bridgehead atoms. The highest BCUT2D eigenvalue weighted by molar-refractivity contribution is 5.11. The van der Waals surface area contributed by atoms with Gasteiger partial charge in [-0.05, 0) is 38.3 Å². The molecule has 2 atom stereocenters. The molecule has 1 aliphatic rings. The average Bonchev–Trinajstić information content (AvgIpc) is 2.65. The van der Waals surface area contributed by atoms with Crippen molar-refractivity contribution in [3.8, 4) is 6.07 Å². The fourth-order valence-electron chi connectivity index (χ4n) is 2.59. The normalized spacial score (nSPS) is 28.6. The van der Waals surface area contributed by atoms with Gasteiger partial charge in [-0.1, -0.05) is 13.3 Å². The van der Waals surface area contributed by atoms with E-state index in [1.807, 2.05) is 0 Å². The van der Waals surface area contributed by atoms with E-state index in [0.717, 1.165) is 12.8 Å². The van der Waals surface area contributed by atoms with E-state index >= 15 is 0 Å². The Bertz CT molecular complexity index is 311. The summed E-state index contributed by atoms with van der Waals surface area (Å²) in [4.78, 5) is 1.36. The lowest BCUT2D eigenvalue weighted by Gasteiger charge is -2.27. The molecule has 1 rings (SSSR count). The molecule has 2 unspecified atom stereocenters. The van der Waals surface area contributed by atoms with Gasteiger partial charge in [0.15, 0.2) is 0 Å². The van der Waals surface area contributed by atoms with Crippen molar-refractivity contribution >= 4 is 0 Å². The van der Waals surface area contributed by atoms with Crippen molar-refractivity contribution in [2.24, 2.45) is 11.7 Å². The van der Waals surface area contributed by atoms with Crippen LogP contribution in [-0.4, -0.2) is 36.2 Å². The highest BCUT2D eigenvalue weighted by Crippen LogP contribution is 2.35. The van der Waals surface area contributed by atoms with Gasteiger partial charge in [0.1, 0.15) is 5.54 Å². The molecular weight excluding hydrogens is 243 g/mol. The number of nitrogens with two attached hydrogens (primary N) is 1. The largest absolute Gasteiger partial charge is 0.401 e. The van der Waals surface area contributed by atoms with Gasteiger partial charge >= 0.3 is 6.18 Å². The lowest BCUT2D eigenvalue weighted by Crippen LogP contribution is -2.43. The fourth-order valence-corrected chi connectivity index (χ4v) is 2.59. The third kappa shape index (κ3) is 4.14. The first kappa shape index (κ1) is 15.3. The van der Waals surface area contributed by atoms with Crippen LogP contribution in [0.15, 0.2) is 0 Å². The summed E-state index contributed by atoms with van der Waals surface area (Å²) in [6, 6.07) is 2.12. The number of hydrogen-bond donors (Lipinski definition) is 1. The molecule has 0 aromatic heterocycles. The minimum absolute atomic E-state index is 0.0183. The smallest absolute Gasteiger partial charge is 0.313 e. The summed E-state index contributed by atoms with van der Waals surface area (Å²) in [6.45, 7) is 1.53. The van der Waals surface area contributed by atoms with E-state index in [0.29, 0.717) is 25.9 Å². The van der Waals surface area contributed by atoms with Gasteiger partial charge in [-0.2, -0.15) is 18.4 Å². The second-order valence-electron chi connectivity index (χ2n) is 5.01. The van der Waals surface area contributed by atoms with Gasteiger partial charge in [0.05, 0.1) is 12.6 Å². The van der Waals surface area contributed by atoms with E-state index in [1.54, 1.807) is 6.92 Å². The van der Waals surface area contributed by atoms with Crippen LogP contribution in [-0.2, 0) is 0 Å². The van der Waals surface area contributed by atoms with Crippen LogP contribution in [0.25, 0.3) is 0 Å². The zero-order valence-corrected chi connectivity index (χ0v) is 10.6. The number of hydrogen-bond acceptors (Lipinski definition) is 3. The second-order valence-corrected chi connectivity index (χ2v) is 5.01. The molecule has 0 spiro atoms. The Morgan fingerprint density at radius 2 is 2.17 bits per heavy atom. The molecule has 104 valence electrons. The Hall–Kier alpha value is -0.800. The van der Waals surface area contributed by atoms with Crippen molar-refractivity contribution in [1.29, 1.82) is 5.26 Å². The van der Waals surface area contributed by atoms with Crippen molar-refractivity contribution in [1.82, 2.24) is 4.90 Å². The Morgan fingerprint density at radius 3 is 2.67 bits per heavy atom. The van der Waals surface area contributed by atoms with E-state index in [2.05, 4.69) is 6.07 Å². The maximum Gasteiger partial charge on any atom is 0.401 e. The Kier molecular flexibility index (Phi) is 5.00. The Morgan fingerprint density at radius 1 is 1.50 bits per heavy atom. The average molecular weight is 263 g/mol. The molecule has 0 amide bonds. The molecular formula is C12H20F3N3. The van der Waals surface area contributed by atoms with Crippen LogP contribution in [0, 0.1) is 17.2 Å². The third-order valence-electron chi connectivity index (χ3n) is 3.72. The summed E-state index contributed by atoms with van der Waals surface area (Å²) < 4.78 is 36.9. The van der Waals surface area contributed by atoms with Crippen LogP contribution in [0.2, 0.25) is 0 Å². The topological polar surface area (TPSA) is 53.0 Å². The molecule has 1 aliphatic carbocycles. The van der Waals surface area contributed by atoms with E-state index in [-0.39, 0.29) is 5.92 Å². The highest BCUT2D eigenvalue weighted by atomic mass is 19.4. The van der Waals surface area contributed by atoms with Crippen LogP contribution < -0.4 is 5.73 Å². The van der Waals surface area contributed by atoms with Crippen LogP contribution >= 0.6 is 0 Å². The molecule has 2 N–H and O–H groups in total. The molecule has 1 fully saturated rings. The van der Waals surface area contributed by atoms with Crippen LogP contribution in [0.3, 0.4) is 0 Å². The Balaban J connectivity index is 2.46. The Labute approximate surface area is 106 Å². The standard InChI is InChI=1S/C12H20F3N3/c1-2-18(9-12(13,14)15)7-5-10-4-3-6-11(10,17)8-16/h10H,2-7,9,17H2,1H3. The van der Waals surface area contributed by atoms with Gasteiger partial charge in [-0.3, -0.25) is 4.90 Å². The third-order valence-corrected chi connectivity index (χ3v) is 3.72. The summed E-state index contributed by atoms with van der Waals surface area (Å²) in [5, 5.41) is 9.04. The number of halogens is 3. The quantitative estimate of drug-likeness (QED) is 0.828. The van der Waals surface area contributed by atoms with Gasteiger partial charge < -0.3 is 5.73 Å². The minimum atomic E-state index is -4.17. The van der Waals surface area contributed by atoms with Gasteiger partial charge in [0.25, 0.3) is 0 Å². The number of nitriles is 1. The molecule has 0 aliphatic heterocycles.